The number of hydrogen-bond acceptors (Lipinski definition) is 1. The van der Waals surface area contributed by atoms with Crippen molar-refractivity contribution in [3.05, 3.63) is 29.3 Å². The second-order valence-electron chi connectivity index (χ2n) is 10.0. The maximum Gasteiger partial charge on any atom is 0.119 e. The number of hydrogen-bond donors (Lipinski definition) is 1. The molecule has 0 spiro atoms. The average Bonchev–Trinajstić information content (AvgIpc) is 2.69. The molecule has 0 radical (unpaired) electrons. The van der Waals surface area contributed by atoms with E-state index in [-0.39, 0.29) is 5.41 Å². The molecule has 1 aliphatic rings. The zero-order chi connectivity index (χ0) is 20.4. The number of rotatable bonds is 12. The van der Waals surface area contributed by atoms with Gasteiger partial charge >= 0.3 is 0 Å². The molecule has 1 aliphatic carbocycles. The van der Waals surface area contributed by atoms with Crippen LogP contribution in [-0.4, -0.2) is 5.11 Å². The first-order valence-electron chi connectivity index (χ1n) is 12.3. The quantitative estimate of drug-likeness (QED) is 0.355. The number of phenolic OH excluding ortho intramolecular Hbond substituents is 1. The molecule has 1 fully saturated rings. The fraction of sp³-hybridized carbons (Fsp3) is 0.778. The lowest BCUT2D eigenvalue weighted by molar-refractivity contribution is 0.293. The van der Waals surface area contributed by atoms with E-state index in [4.69, 9.17) is 0 Å². The standard InChI is InChI=1S/C27H46O/c1-5-7-9-11-14-22-15-13-16-23(20-22)25-18-17-24(21-26(25)28)27(3,4)19-12-10-8-6-2/h17-18,21-23,28H,5-16,19-20H2,1-4H3/t22-,23+/m0/s1. The molecule has 1 nitrogen and oxygen atoms in total. The summed E-state index contributed by atoms with van der Waals surface area (Å²) in [5.41, 5.74) is 2.67. The third-order valence-electron chi connectivity index (χ3n) is 7.16. The van der Waals surface area contributed by atoms with Crippen LogP contribution in [-0.2, 0) is 5.41 Å². The first-order valence-corrected chi connectivity index (χ1v) is 12.3. The lowest BCUT2D eigenvalue weighted by Crippen LogP contribution is -2.18. The molecule has 0 saturated heterocycles. The second kappa shape index (κ2) is 11.9. The zero-order valence-corrected chi connectivity index (χ0v) is 19.2. The Morgan fingerprint density at radius 1 is 0.929 bits per heavy atom. The van der Waals surface area contributed by atoms with Crippen LogP contribution in [0.2, 0.25) is 0 Å². The van der Waals surface area contributed by atoms with Gasteiger partial charge < -0.3 is 5.11 Å². The Labute approximate surface area is 175 Å². The van der Waals surface area contributed by atoms with Gasteiger partial charge in [0, 0.05) is 0 Å². The summed E-state index contributed by atoms with van der Waals surface area (Å²) in [6, 6.07) is 6.64. The van der Waals surface area contributed by atoms with E-state index in [1.54, 1.807) is 0 Å². The Hall–Kier alpha value is -0.980. The van der Waals surface area contributed by atoms with E-state index >= 15 is 0 Å². The highest BCUT2D eigenvalue weighted by Gasteiger charge is 2.26. The molecule has 28 heavy (non-hydrogen) atoms. The van der Waals surface area contributed by atoms with Crippen molar-refractivity contribution >= 4 is 0 Å². The Kier molecular flexibility index (Phi) is 9.89. The number of unbranched alkanes of at least 4 members (excludes halogenated alkanes) is 6. The van der Waals surface area contributed by atoms with Crippen molar-refractivity contribution < 1.29 is 5.11 Å². The summed E-state index contributed by atoms with van der Waals surface area (Å²) in [5, 5.41) is 10.8. The summed E-state index contributed by atoms with van der Waals surface area (Å²) in [4.78, 5) is 0. The van der Waals surface area contributed by atoms with Crippen LogP contribution < -0.4 is 0 Å². The third-order valence-corrected chi connectivity index (χ3v) is 7.16. The van der Waals surface area contributed by atoms with Crippen molar-refractivity contribution in [3.63, 3.8) is 0 Å². The zero-order valence-electron chi connectivity index (χ0n) is 19.2. The van der Waals surface area contributed by atoms with E-state index in [1.807, 2.05) is 0 Å². The minimum Gasteiger partial charge on any atom is -0.508 e. The molecule has 0 heterocycles. The molecule has 0 unspecified atom stereocenters. The molecule has 160 valence electrons. The van der Waals surface area contributed by atoms with Gasteiger partial charge in [0.1, 0.15) is 5.75 Å². The van der Waals surface area contributed by atoms with Gasteiger partial charge in [-0.25, -0.2) is 0 Å². The van der Waals surface area contributed by atoms with Crippen molar-refractivity contribution in [2.75, 3.05) is 0 Å². The monoisotopic (exact) mass is 386 g/mol. The van der Waals surface area contributed by atoms with Crippen LogP contribution in [0.15, 0.2) is 18.2 Å². The topological polar surface area (TPSA) is 20.2 Å². The van der Waals surface area contributed by atoms with Gasteiger partial charge in [0.2, 0.25) is 0 Å². The largest absolute Gasteiger partial charge is 0.508 e. The van der Waals surface area contributed by atoms with Crippen LogP contribution in [0.5, 0.6) is 5.75 Å². The smallest absolute Gasteiger partial charge is 0.119 e. The molecule has 1 heteroatoms. The van der Waals surface area contributed by atoms with Gasteiger partial charge in [-0.15, -0.1) is 0 Å². The Balaban J connectivity index is 1.95. The van der Waals surface area contributed by atoms with E-state index in [9.17, 15) is 5.11 Å². The molecular formula is C27H46O. The highest BCUT2D eigenvalue weighted by molar-refractivity contribution is 5.41. The van der Waals surface area contributed by atoms with Crippen LogP contribution in [0.3, 0.4) is 0 Å². The Morgan fingerprint density at radius 3 is 2.32 bits per heavy atom. The van der Waals surface area contributed by atoms with Gasteiger partial charge in [0.25, 0.3) is 0 Å². The van der Waals surface area contributed by atoms with Gasteiger partial charge in [0.15, 0.2) is 0 Å². The normalized spacial score (nSPS) is 20.4. The summed E-state index contributed by atoms with van der Waals surface area (Å²) < 4.78 is 0. The highest BCUT2D eigenvalue weighted by atomic mass is 16.3. The van der Waals surface area contributed by atoms with E-state index in [0.29, 0.717) is 11.7 Å². The van der Waals surface area contributed by atoms with Crippen LogP contribution in [0.4, 0.5) is 0 Å². The van der Waals surface area contributed by atoms with Crippen molar-refractivity contribution in [2.24, 2.45) is 5.92 Å². The maximum absolute atomic E-state index is 10.8. The summed E-state index contributed by atoms with van der Waals surface area (Å²) in [6.07, 6.45) is 18.6. The molecule has 0 aliphatic heterocycles. The number of benzene rings is 1. The summed E-state index contributed by atoms with van der Waals surface area (Å²) in [5.74, 6) is 1.98. The molecule has 1 N–H and O–H groups in total. The van der Waals surface area contributed by atoms with E-state index in [2.05, 4.69) is 45.9 Å². The van der Waals surface area contributed by atoms with Crippen LogP contribution >= 0.6 is 0 Å². The van der Waals surface area contributed by atoms with E-state index < -0.39 is 0 Å². The van der Waals surface area contributed by atoms with Gasteiger partial charge in [0.05, 0.1) is 0 Å². The molecule has 1 aromatic carbocycles. The fourth-order valence-corrected chi connectivity index (χ4v) is 5.14. The summed E-state index contributed by atoms with van der Waals surface area (Å²) in [6.45, 7) is 9.22. The van der Waals surface area contributed by atoms with Crippen molar-refractivity contribution in [3.8, 4) is 5.75 Å². The average molecular weight is 387 g/mol. The molecule has 0 amide bonds. The lowest BCUT2D eigenvalue weighted by Gasteiger charge is -2.31. The van der Waals surface area contributed by atoms with Gasteiger partial charge in [-0.2, -0.15) is 0 Å². The molecule has 2 rings (SSSR count). The predicted octanol–water partition coefficient (Wildman–Crippen LogP) is 8.88. The number of phenols is 1. The first-order chi connectivity index (χ1) is 13.5. The van der Waals surface area contributed by atoms with Crippen LogP contribution in [0, 0.1) is 5.92 Å². The fourth-order valence-electron chi connectivity index (χ4n) is 5.14. The third kappa shape index (κ3) is 7.12. The molecule has 2 atom stereocenters. The van der Waals surface area contributed by atoms with Gasteiger partial charge in [-0.05, 0) is 53.7 Å². The molecule has 1 aromatic rings. The second-order valence-corrected chi connectivity index (χ2v) is 10.0. The Morgan fingerprint density at radius 2 is 1.64 bits per heavy atom. The van der Waals surface area contributed by atoms with Gasteiger partial charge in [-0.1, -0.05) is 110 Å². The van der Waals surface area contributed by atoms with E-state index in [1.165, 1.54) is 101 Å². The molecule has 0 bridgehead atoms. The molecule has 0 aromatic heterocycles. The SMILES string of the molecule is CCCCCC[C@H]1CCC[C@@H](c2ccc(C(C)(C)CCCCCC)cc2O)C1. The first kappa shape index (κ1) is 23.3. The minimum absolute atomic E-state index is 0.151. The van der Waals surface area contributed by atoms with E-state index in [0.717, 1.165) is 5.92 Å². The minimum atomic E-state index is 0.151. The van der Waals surface area contributed by atoms with Crippen LogP contribution in [0.1, 0.15) is 135 Å². The van der Waals surface area contributed by atoms with Gasteiger partial charge in [-0.3, -0.25) is 0 Å². The predicted molar refractivity (Wildman–Crippen MR) is 123 cm³/mol. The summed E-state index contributed by atoms with van der Waals surface area (Å²) >= 11 is 0. The maximum atomic E-state index is 10.8. The lowest BCUT2D eigenvalue weighted by atomic mass is 9.74. The highest BCUT2D eigenvalue weighted by Crippen LogP contribution is 2.42. The van der Waals surface area contributed by atoms with Crippen molar-refractivity contribution in [2.45, 2.75) is 129 Å². The summed E-state index contributed by atoms with van der Waals surface area (Å²) in [7, 11) is 0. The van der Waals surface area contributed by atoms with Crippen LogP contribution in [0.25, 0.3) is 0 Å². The molecule has 1 saturated carbocycles. The van der Waals surface area contributed by atoms with Crippen molar-refractivity contribution in [1.29, 1.82) is 0 Å². The Bertz CT molecular complexity index is 559. The molecular weight excluding hydrogens is 340 g/mol. The van der Waals surface area contributed by atoms with Crippen molar-refractivity contribution in [1.82, 2.24) is 0 Å². The number of aromatic hydroxyl groups is 1.